The van der Waals surface area contributed by atoms with E-state index in [-0.39, 0.29) is 22.8 Å². The Kier molecular flexibility index (Phi) is 8.73. The van der Waals surface area contributed by atoms with E-state index in [2.05, 4.69) is 27.7 Å². The number of sulfonamides is 1. The fraction of sp³-hybridized carbons (Fsp3) is 0.700. The van der Waals surface area contributed by atoms with E-state index in [9.17, 15) is 13.5 Å². The Morgan fingerprint density at radius 3 is 2.23 bits per heavy atom. The number of nitrogens with zero attached hydrogens (tertiary/aromatic N) is 1. The highest BCUT2D eigenvalue weighted by atomic mass is 32.2. The van der Waals surface area contributed by atoms with E-state index in [1.54, 1.807) is 24.3 Å². The van der Waals surface area contributed by atoms with Crippen molar-refractivity contribution in [2.45, 2.75) is 64.8 Å². The standard InChI is InChI=1S/C20H36N2O3S/c1-16-6-8-19(9-7-16)26(24,25)22(13-11-20(3,4)5)18(15-23)14-17(2)10-12-21/h6-9,17-18,23H,10-15,21H2,1-5H3/t17?,18-/m0/s1. The summed E-state index contributed by atoms with van der Waals surface area (Å²) in [5.41, 5.74) is 6.65. The second-order valence-corrected chi connectivity index (χ2v) is 10.4. The van der Waals surface area contributed by atoms with E-state index < -0.39 is 16.1 Å². The molecule has 3 N–H and O–H groups in total. The van der Waals surface area contributed by atoms with E-state index in [0.29, 0.717) is 19.5 Å². The van der Waals surface area contributed by atoms with Gasteiger partial charge in [-0.2, -0.15) is 4.31 Å². The number of aryl methyl sites for hydroxylation is 1. The summed E-state index contributed by atoms with van der Waals surface area (Å²) < 4.78 is 28.1. The van der Waals surface area contributed by atoms with Crippen LogP contribution in [0.15, 0.2) is 29.2 Å². The molecule has 1 aromatic carbocycles. The highest BCUT2D eigenvalue weighted by Crippen LogP contribution is 2.27. The van der Waals surface area contributed by atoms with Crippen molar-refractivity contribution in [1.82, 2.24) is 4.31 Å². The molecule has 6 heteroatoms. The predicted molar refractivity (Wildman–Crippen MR) is 107 cm³/mol. The molecule has 0 aliphatic heterocycles. The van der Waals surface area contributed by atoms with Crippen LogP contribution in [0.4, 0.5) is 0 Å². The molecule has 1 unspecified atom stereocenters. The molecule has 26 heavy (non-hydrogen) atoms. The third-order valence-electron chi connectivity index (χ3n) is 4.66. The van der Waals surface area contributed by atoms with Crippen molar-refractivity contribution < 1.29 is 13.5 Å². The van der Waals surface area contributed by atoms with Crippen LogP contribution in [0, 0.1) is 18.3 Å². The Morgan fingerprint density at radius 1 is 1.19 bits per heavy atom. The molecule has 150 valence electrons. The smallest absolute Gasteiger partial charge is 0.243 e. The molecule has 0 heterocycles. The molecule has 0 fully saturated rings. The topological polar surface area (TPSA) is 83.6 Å². The minimum atomic E-state index is -3.67. The van der Waals surface area contributed by atoms with Gasteiger partial charge in [0.15, 0.2) is 0 Å². The highest BCUT2D eigenvalue weighted by molar-refractivity contribution is 7.89. The second kappa shape index (κ2) is 9.83. The number of aliphatic hydroxyl groups excluding tert-OH is 1. The summed E-state index contributed by atoms with van der Waals surface area (Å²) >= 11 is 0. The van der Waals surface area contributed by atoms with Crippen molar-refractivity contribution in [2.75, 3.05) is 19.7 Å². The summed E-state index contributed by atoms with van der Waals surface area (Å²) in [4.78, 5) is 0.280. The molecule has 0 amide bonds. The van der Waals surface area contributed by atoms with Gasteiger partial charge < -0.3 is 10.8 Å². The van der Waals surface area contributed by atoms with Gasteiger partial charge in [-0.15, -0.1) is 0 Å². The van der Waals surface area contributed by atoms with Gasteiger partial charge in [0, 0.05) is 12.6 Å². The first kappa shape index (κ1) is 23.1. The molecule has 0 aliphatic rings. The Morgan fingerprint density at radius 2 is 1.77 bits per heavy atom. The van der Waals surface area contributed by atoms with Crippen molar-refractivity contribution in [3.05, 3.63) is 29.8 Å². The highest BCUT2D eigenvalue weighted by Gasteiger charge is 2.32. The number of hydrogen-bond donors (Lipinski definition) is 2. The molecule has 0 saturated carbocycles. The largest absolute Gasteiger partial charge is 0.395 e. The van der Waals surface area contributed by atoms with Crippen LogP contribution in [0.2, 0.25) is 0 Å². The number of rotatable bonds is 10. The molecule has 0 saturated heterocycles. The van der Waals surface area contributed by atoms with Crippen LogP contribution in [0.5, 0.6) is 0 Å². The van der Waals surface area contributed by atoms with Gasteiger partial charge in [0.1, 0.15) is 0 Å². The predicted octanol–water partition coefficient (Wildman–Crippen LogP) is 3.16. The van der Waals surface area contributed by atoms with Crippen molar-refractivity contribution in [2.24, 2.45) is 17.1 Å². The van der Waals surface area contributed by atoms with Crippen LogP contribution in [-0.4, -0.2) is 43.6 Å². The van der Waals surface area contributed by atoms with E-state index in [0.717, 1.165) is 18.4 Å². The third-order valence-corrected chi connectivity index (χ3v) is 6.63. The van der Waals surface area contributed by atoms with Crippen LogP contribution in [0.3, 0.4) is 0 Å². The lowest BCUT2D eigenvalue weighted by molar-refractivity contribution is 0.154. The van der Waals surface area contributed by atoms with Gasteiger partial charge in [-0.1, -0.05) is 45.4 Å². The van der Waals surface area contributed by atoms with Gasteiger partial charge >= 0.3 is 0 Å². The summed E-state index contributed by atoms with van der Waals surface area (Å²) in [6.45, 7) is 11.0. The molecular weight excluding hydrogens is 348 g/mol. The molecule has 0 radical (unpaired) electrons. The molecule has 0 bridgehead atoms. The zero-order valence-electron chi connectivity index (χ0n) is 16.9. The lowest BCUT2D eigenvalue weighted by atomic mass is 9.92. The van der Waals surface area contributed by atoms with Crippen LogP contribution >= 0.6 is 0 Å². The van der Waals surface area contributed by atoms with E-state index in [1.807, 2.05) is 6.92 Å². The molecule has 0 spiro atoms. The summed E-state index contributed by atoms with van der Waals surface area (Å²) in [6.07, 6.45) is 2.14. The average Bonchev–Trinajstić information content (AvgIpc) is 2.53. The monoisotopic (exact) mass is 384 g/mol. The van der Waals surface area contributed by atoms with Crippen LogP contribution in [0.25, 0.3) is 0 Å². The van der Waals surface area contributed by atoms with Crippen molar-refractivity contribution in [1.29, 1.82) is 0 Å². The summed E-state index contributed by atoms with van der Waals surface area (Å²) in [6, 6.07) is 6.46. The first-order valence-electron chi connectivity index (χ1n) is 9.40. The van der Waals surface area contributed by atoms with Gasteiger partial charge in [-0.3, -0.25) is 0 Å². The maximum Gasteiger partial charge on any atom is 0.243 e. The normalized spacial score (nSPS) is 15.2. The van der Waals surface area contributed by atoms with Crippen molar-refractivity contribution in [3.63, 3.8) is 0 Å². The number of nitrogens with two attached hydrogens (primary N) is 1. The maximum atomic E-state index is 13.3. The number of aliphatic hydroxyl groups is 1. The maximum absolute atomic E-state index is 13.3. The van der Waals surface area contributed by atoms with Gasteiger partial charge in [0.25, 0.3) is 0 Å². The quantitative estimate of drug-likeness (QED) is 0.649. The molecule has 1 aromatic rings. The van der Waals surface area contributed by atoms with Gasteiger partial charge in [0.2, 0.25) is 10.0 Å². The SMILES string of the molecule is Cc1ccc(S(=O)(=O)N(CCC(C)(C)C)[C@H](CO)CC(C)CCN)cc1. The first-order chi connectivity index (χ1) is 12.0. The van der Waals surface area contributed by atoms with Crippen LogP contribution < -0.4 is 5.73 Å². The van der Waals surface area contributed by atoms with E-state index in [1.165, 1.54) is 4.31 Å². The number of hydrogen-bond acceptors (Lipinski definition) is 4. The molecule has 2 atom stereocenters. The first-order valence-corrected chi connectivity index (χ1v) is 10.8. The van der Waals surface area contributed by atoms with Gasteiger partial charge in [-0.05, 0) is 56.2 Å². The fourth-order valence-electron chi connectivity index (χ4n) is 2.94. The Labute approximate surface area is 159 Å². The summed E-state index contributed by atoms with van der Waals surface area (Å²) in [5.74, 6) is 0.252. The molecule has 0 aromatic heterocycles. The summed E-state index contributed by atoms with van der Waals surface area (Å²) in [5, 5.41) is 9.96. The Hall–Kier alpha value is -0.950. The van der Waals surface area contributed by atoms with E-state index in [4.69, 9.17) is 5.73 Å². The Bertz CT molecular complexity index is 636. The Balaban J connectivity index is 3.18. The minimum Gasteiger partial charge on any atom is -0.395 e. The van der Waals surface area contributed by atoms with Gasteiger partial charge in [-0.25, -0.2) is 8.42 Å². The van der Waals surface area contributed by atoms with Crippen molar-refractivity contribution >= 4 is 10.0 Å². The van der Waals surface area contributed by atoms with Crippen LogP contribution in [0.1, 0.15) is 52.5 Å². The molecular formula is C20H36N2O3S. The molecule has 0 aliphatic carbocycles. The molecule has 1 rings (SSSR count). The lowest BCUT2D eigenvalue weighted by Gasteiger charge is -2.33. The molecule has 5 nitrogen and oxygen atoms in total. The summed E-state index contributed by atoms with van der Waals surface area (Å²) in [7, 11) is -3.67. The number of benzene rings is 1. The average molecular weight is 385 g/mol. The van der Waals surface area contributed by atoms with Gasteiger partial charge in [0.05, 0.1) is 11.5 Å². The minimum absolute atomic E-state index is 0.00390. The lowest BCUT2D eigenvalue weighted by Crippen LogP contribution is -2.44. The van der Waals surface area contributed by atoms with Crippen LogP contribution in [-0.2, 0) is 10.0 Å². The third kappa shape index (κ3) is 6.99. The zero-order chi connectivity index (χ0) is 20.0. The van der Waals surface area contributed by atoms with E-state index >= 15 is 0 Å². The fourth-order valence-corrected chi connectivity index (χ4v) is 4.57. The van der Waals surface area contributed by atoms with Crippen molar-refractivity contribution in [3.8, 4) is 0 Å². The zero-order valence-corrected chi connectivity index (χ0v) is 17.7. The second-order valence-electron chi connectivity index (χ2n) is 8.49.